The summed E-state index contributed by atoms with van der Waals surface area (Å²) in [6, 6.07) is 10.6. The van der Waals surface area contributed by atoms with E-state index < -0.39 is 17.8 Å². The van der Waals surface area contributed by atoms with Gasteiger partial charge in [0, 0.05) is 11.1 Å². The fraction of sp³-hybridized carbons (Fsp3) is 0.333. The Morgan fingerprint density at radius 1 is 1.00 bits per heavy atom. The molecule has 2 N–H and O–H groups in total. The molecule has 0 aliphatic carbocycles. The summed E-state index contributed by atoms with van der Waals surface area (Å²) in [5, 5.41) is 17.3. The van der Waals surface area contributed by atoms with Crippen LogP contribution in [-0.4, -0.2) is 17.7 Å². The molecule has 2 atom stereocenters. The largest absolute Gasteiger partial charge is 0.416 e. The van der Waals surface area contributed by atoms with E-state index in [1.165, 1.54) is 6.07 Å². The van der Waals surface area contributed by atoms with E-state index in [9.17, 15) is 18.3 Å². The monoisotopic (exact) mass is 393 g/mol. The molecule has 1 saturated heterocycles. The number of nitrogens with one attached hydrogen (secondary N) is 1. The first-order chi connectivity index (χ1) is 12.8. The average molecular weight is 394 g/mol. The van der Waals surface area contributed by atoms with Crippen molar-refractivity contribution in [2.75, 3.05) is 6.54 Å². The maximum atomic E-state index is 13.2. The molecule has 0 spiro atoms. The van der Waals surface area contributed by atoms with Crippen molar-refractivity contribution in [3.63, 3.8) is 0 Å². The number of rotatable bonds is 2. The lowest BCUT2D eigenvalue weighted by atomic mass is 9.88. The molecule has 0 radical (unpaired) electrons. The molecular formula is C21H19ClF3NO. The first-order valence-electron chi connectivity index (χ1n) is 8.99. The molecule has 1 fully saturated rings. The summed E-state index contributed by atoms with van der Waals surface area (Å²) in [5.74, 6) is 0. The third-order valence-electron chi connectivity index (χ3n) is 5.32. The van der Waals surface area contributed by atoms with Crippen LogP contribution in [0.2, 0.25) is 5.02 Å². The average Bonchev–Trinajstić information content (AvgIpc) is 2.66. The van der Waals surface area contributed by atoms with Crippen LogP contribution in [0.1, 0.15) is 36.5 Å². The molecular weight excluding hydrogens is 375 g/mol. The number of fused-ring (bicyclic) bond motifs is 3. The van der Waals surface area contributed by atoms with Gasteiger partial charge in [-0.2, -0.15) is 13.2 Å². The molecule has 1 aliphatic heterocycles. The number of aliphatic hydroxyl groups excluding tert-OH is 1. The third-order valence-corrected chi connectivity index (χ3v) is 5.56. The van der Waals surface area contributed by atoms with Crippen molar-refractivity contribution in [2.24, 2.45) is 0 Å². The minimum absolute atomic E-state index is 0.110. The van der Waals surface area contributed by atoms with E-state index in [0.29, 0.717) is 26.7 Å². The lowest BCUT2D eigenvalue weighted by Crippen LogP contribution is -2.38. The Hall–Kier alpha value is -1.82. The van der Waals surface area contributed by atoms with Crippen LogP contribution >= 0.6 is 11.6 Å². The first kappa shape index (κ1) is 18.5. The van der Waals surface area contributed by atoms with Gasteiger partial charge in [-0.05, 0) is 76.8 Å². The van der Waals surface area contributed by atoms with Crippen molar-refractivity contribution in [2.45, 2.75) is 37.6 Å². The molecule has 6 heteroatoms. The molecule has 2 nitrogen and oxygen atoms in total. The van der Waals surface area contributed by atoms with Gasteiger partial charge in [-0.15, -0.1) is 0 Å². The van der Waals surface area contributed by atoms with E-state index in [1.807, 2.05) is 6.07 Å². The number of hydrogen-bond donors (Lipinski definition) is 2. The van der Waals surface area contributed by atoms with Crippen LogP contribution in [0.4, 0.5) is 13.2 Å². The van der Waals surface area contributed by atoms with Crippen molar-refractivity contribution in [3.05, 3.63) is 58.6 Å². The number of halogens is 4. The molecule has 3 aromatic rings. The summed E-state index contributed by atoms with van der Waals surface area (Å²) in [6.45, 7) is 0.831. The molecule has 0 aromatic heterocycles. The molecule has 0 bridgehead atoms. The summed E-state index contributed by atoms with van der Waals surface area (Å²) < 4.78 is 39.7. The lowest BCUT2D eigenvalue weighted by Gasteiger charge is -2.29. The second-order valence-electron chi connectivity index (χ2n) is 7.09. The van der Waals surface area contributed by atoms with Gasteiger partial charge in [0.05, 0.1) is 11.7 Å². The van der Waals surface area contributed by atoms with Gasteiger partial charge < -0.3 is 10.4 Å². The Balaban J connectivity index is 1.96. The van der Waals surface area contributed by atoms with E-state index >= 15 is 0 Å². The van der Waals surface area contributed by atoms with Crippen LogP contribution in [0, 0.1) is 0 Å². The summed E-state index contributed by atoms with van der Waals surface area (Å²) in [7, 11) is 0. The minimum Gasteiger partial charge on any atom is -0.387 e. The molecule has 0 amide bonds. The van der Waals surface area contributed by atoms with E-state index in [0.717, 1.165) is 43.3 Å². The SMILES string of the molecule is OC(c1cc2cc(Cl)ccc2c2cc(C(F)(F)F)ccc12)C1CCCCN1. The molecule has 4 rings (SSSR count). The first-order valence-corrected chi connectivity index (χ1v) is 9.37. The Morgan fingerprint density at radius 2 is 1.78 bits per heavy atom. The minimum atomic E-state index is -4.42. The van der Waals surface area contributed by atoms with E-state index in [2.05, 4.69) is 5.32 Å². The number of alkyl halides is 3. The van der Waals surface area contributed by atoms with Gasteiger partial charge in [0.1, 0.15) is 0 Å². The number of piperidine rings is 1. The fourth-order valence-corrected chi connectivity index (χ4v) is 4.13. The zero-order valence-electron chi connectivity index (χ0n) is 14.5. The predicted octanol–water partition coefficient (Wildman–Crippen LogP) is 5.84. The highest BCUT2D eigenvalue weighted by atomic mass is 35.5. The van der Waals surface area contributed by atoms with Gasteiger partial charge in [0.2, 0.25) is 0 Å². The highest BCUT2D eigenvalue weighted by molar-refractivity contribution is 6.31. The highest BCUT2D eigenvalue weighted by Gasteiger charge is 2.31. The fourth-order valence-electron chi connectivity index (χ4n) is 3.95. The molecule has 2 unspecified atom stereocenters. The van der Waals surface area contributed by atoms with Crippen molar-refractivity contribution in [1.82, 2.24) is 5.32 Å². The van der Waals surface area contributed by atoms with Gasteiger partial charge in [-0.1, -0.05) is 30.2 Å². The normalized spacial score (nSPS) is 19.5. The van der Waals surface area contributed by atoms with Crippen molar-refractivity contribution in [3.8, 4) is 0 Å². The zero-order valence-corrected chi connectivity index (χ0v) is 15.2. The van der Waals surface area contributed by atoms with Crippen LogP contribution < -0.4 is 5.32 Å². The molecule has 27 heavy (non-hydrogen) atoms. The quantitative estimate of drug-likeness (QED) is 0.536. The number of hydrogen-bond acceptors (Lipinski definition) is 2. The summed E-state index contributed by atoms with van der Waals surface area (Å²) >= 11 is 6.10. The topological polar surface area (TPSA) is 32.3 Å². The van der Waals surface area contributed by atoms with Gasteiger partial charge in [-0.25, -0.2) is 0 Å². The van der Waals surface area contributed by atoms with Crippen molar-refractivity contribution < 1.29 is 18.3 Å². The van der Waals surface area contributed by atoms with Crippen LogP contribution in [0.5, 0.6) is 0 Å². The Labute approximate surface area is 159 Å². The van der Waals surface area contributed by atoms with Gasteiger partial charge >= 0.3 is 6.18 Å². The van der Waals surface area contributed by atoms with Gasteiger partial charge in [-0.3, -0.25) is 0 Å². The lowest BCUT2D eigenvalue weighted by molar-refractivity contribution is -0.137. The molecule has 1 heterocycles. The molecule has 1 aliphatic rings. The molecule has 142 valence electrons. The van der Waals surface area contributed by atoms with Crippen LogP contribution in [0.3, 0.4) is 0 Å². The smallest absolute Gasteiger partial charge is 0.387 e. The maximum Gasteiger partial charge on any atom is 0.416 e. The molecule has 3 aromatic carbocycles. The Morgan fingerprint density at radius 3 is 2.48 bits per heavy atom. The van der Waals surface area contributed by atoms with Crippen molar-refractivity contribution in [1.29, 1.82) is 0 Å². The van der Waals surface area contributed by atoms with E-state index in [4.69, 9.17) is 11.6 Å². The second kappa shape index (κ2) is 6.97. The van der Waals surface area contributed by atoms with E-state index in [1.54, 1.807) is 18.2 Å². The number of aliphatic hydroxyl groups is 1. The zero-order chi connectivity index (χ0) is 19.2. The van der Waals surface area contributed by atoms with Crippen LogP contribution in [0.15, 0.2) is 42.5 Å². The van der Waals surface area contributed by atoms with Gasteiger partial charge in [0.25, 0.3) is 0 Å². The van der Waals surface area contributed by atoms with Crippen LogP contribution in [0.25, 0.3) is 21.5 Å². The Kier molecular flexibility index (Phi) is 4.78. The molecule has 0 saturated carbocycles. The van der Waals surface area contributed by atoms with E-state index in [-0.39, 0.29) is 6.04 Å². The standard InChI is InChI=1S/C21H19ClF3NO/c22-14-5-7-15-12(9-14)10-18(20(27)19-3-1-2-8-26-19)16-6-4-13(11-17(15)16)21(23,24)25/h4-7,9-11,19-20,26-27H,1-3,8H2. The predicted molar refractivity (Wildman–Crippen MR) is 102 cm³/mol. The summed E-state index contributed by atoms with van der Waals surface area (Å²) in [6.07, 6.45) is -2.31. The maximum absolute atomic E-state index is 13.2. The third kappa shape index (κ3) is 3.51. The summed E-state index contributed by atoms with van der Waals surface area (Å²) in [4.78, 5) is 0. The Bertz CT molecular complexity index is 996. The second-order valence-corrected chi connectivity index (χ2v) is 7.53. The van der Waals surface area contributed by atoms with Crippen LogP contribution in [-0.2, 0) is 6.18 Å². The highest BCUT2D eigenvalue weighted by Crippen LogP contribution is 2.38. The van der Waals surface area contributed by atoms with Crippen molar-refractivity contribution >= 4 is 33.1 Å². The number of benzene rings is 3. The van der Waals surface area contributed by atoms with Gasteiger partial charge in [0.15, 0.2) is 0 Å². The summed E-state index contributed by atoms with van der Waals surface area (Å²) in [5.41, 5.74) is -0.0680.